The van der Waals surface area contributed by atoms with E-state index >= 15 is 0 Å². The van der Waals surface area contributed by atoms with Crippen LogP contribution >= 0.6 is 0 Å². The van der Waals surface area contributed by atoms with Crippen molar-refractivity contribution in [2.75, 3.05) is 38.2 Å². The smallest absolute Gasteiger partial charge is 0.335 e. The molecule has 35 heavy (non-hydrogen) atoms. The second-order valence-electron chi connectivity index (χ2n) is 9.75. The van der Waals surface area contributed by atoms with Crippen molar-refractivity contribution in [1.82, 2.24) is 4.90 Å². The summed E-state index contributed by atoms with van der Waals surface area (Å²) < 4.78 is 6.08. The van der Waals surface area contributed by atoms with Crippen molar-refractivity contribution in [2.45, 2.75) is 37.3 Å². The molecule has 2 fully saturated rings. The Balaban J connectivity index is 1.15. The van der Waals surface area contributed by atoms with E-state index in [4.69, 9.17) is 9.84 Å². The molecule has 0 atom stereocenters. The lowest BCUT2D eigenvalue weighted by atomic mass is 9.77. The Kier molecular flexibility index (Phi) is 6.89. The van der Waals surface area contributed by atoms with Crippen molar-refractivity contribution in [3.63, 3.8) is 0 Å². The highest BCUT2D eigenvalue weighted by molar-refractivity contribution is 5.88. The van der Waals surface area contributed by atoms with E-state index in [-0.39, 0.29) is 5.60 Å². The molecule has 0 aromatic heterocycles. The number of hydrogen-bond donors (Lipinski definition) is 1. The topological polar surface area (TPSA) is 53.0 Å². The highest BCUT2D eigenvalue weighted by Gasteiger charge is 2.39. The van der Waals surface area contributed by atoms with Crippen molar-refractivity contribution in [2.24, 2.45) is 0 Å². The van der Waals surface area contributed by atoms with E-state index in [1.165, 1.54) is 24.1 Å². The average molecular weight is 471 g/mol. The molecule has 3 aromatic carbocycles. The van der Waals surface area contributed by atoms with E-state index in [9.17, 15) is 4.79 Å². The van der Waals surface area contributed by atoms with Crippen LogP contribution < -0.4 is 4.90 Å². The zero-order valence-corrected chi connectivity index (χ0v) is 20.4. The van der Waals surface area contributed by atoms with Crippen LogP contribution in [-0.2, 0) is 10.3 Å². The predicted molar refractivity (Wildman–Crippen MR) is 140 cm³/mol. The van der Waals surface area contributed by atoms with Crippen LogP contribution in [0.1, 0.15) is 41.6 Å². The Morgan fingerprint density at radius 3 is 1.94 bits per heavy atom. The monoisotopic (exact) mass is 470 g/mol. The molecule has 182 valence electrons. The molecule has 5 rings (SSSR count). The number of carbonyl (C=O) groups is 1. The summed E-state index contributed by atoms with van der Waals surface area (Å²) >= 11 is 0. The van der Waals surface area contributed by atoms with Crippen molar-refractivity contribution in [1.29, 1.82) is 0 Å². The summed E-state index contributed by atoms with van der Waals surface area (Å²) in [6.07, 6.45) is 4.51. The molecule has 0 spiro atoms. The van der Waals surface area contributed by atoms with Crippen LogP contribution in [0.15, 0.2) is 78.9 Å². The van der Waals surface area contributed by atoms with Gasteiger partial charge in [-0.15, -0.1) is 0 Å². The molecule has 1 aliphatic carbocycles. The molecule has 5 nitrogen and oxygen atoms in total. The van der Waals surface area contributed by atoms with Gasteiger partial charge in [-0.05, 0) is 66.6 Å². The minimum absolute atomic E-state index is 0.130. The molecule has 1 aliphatic heterocycles. The molecule has 1 N–H and O–H groups in total. The molecule has 1 heterocycles. The summed E-state index contributed by atoms with van der Waals surface area (Å²) in [5, 5.41) is 9.10. The molecule has 0 bridgehead atoms. The predicted octanol–water partition coefficient (Wildman–Crippen LogP) is 5.66. The van der Waals surface area contributed by atoms with Gasteiger partial charge in [0.2, 0.25) is 0 Å². The van der Waals surface area contributed by atoms with Gasteiger partial charge in [0.1, 0.15) is 0 Å². The Morgan fingerprint density at radius 1 is 0.829 bits per heavy atom. The average Bonchev–Trinajstić information content (AvgIpc) is 2.94. The van der Waals surface area contributed by atoms with Gasteiger partial charge in [0.25, 0.3) is 0 Å². The first-order valence-electron chi connectivity index (χ1n) is 12.6. The fourth-order valence-electron chi connectivity index (χ4n) is 5.80. The lowest BCUT2D eigenvalue weighted by molar-refractivity contribution is -0.0614. The van der Waals surface area contributed by atoms with E-state index in [1.807, 2.05) is 19.2 Å². The van der Waals surface area contributed by atoms with Crippen LogP contribution in [0.5, 0.6) is 0 Å². The number of benzene rings is 3. The second-order valence-corrected chi connectivity index (χ2v) is 9.75. The van der Waals surface area contributed by atoms with Gasteiger partial charge in [0.05, 0.1) is 11.2 Å². The molecule has 1 saturated heterocycles. The van der Waals surface area contributed by atoms with Crippen LogP contribution in [0, 0.1) is 0 Å². The summed E-state index contributed by atoms with van der Waals surface area (Å²) in [7, 11) is 1.86. The quantitative estimate of drug-likeness (QED) is 0.504. The van der Waals surface area contributed by atoms with Gasteiger partial charge in [0, 0.05) is 45.0 Å². The van der Waals surface area contributed by atoms with Crippen LogP contribution in [-0.4, -0.2) is 55.3 Å². The zero-order valence-electron chi connectivity index (χ0n) is 20.4. The summed E-state index contributed by atoms with van der Waals surface area (Å²) in [4.78, 5) is 16.2. The van der Waals surface area contributed by atoms with Crippen molar-refractivity contribution >= 4 is 11.7 Å². The molecule has 0 amide bonds. The third kappa shape index (κ3) is 4.97. The van der Waals surface area contributed by atoms with Crippen molar-refractivity contribution < 1.29 is 14.6 Å². The number of rotatable bonds is 6. The summed E-state index contributed by atoms with van der Waals surface area (Å²) in [5.74, 6) is -0.895. The highest BCUT2D eigenvalue weighted by Crippen LogP contribution is 2.41. The maximum Gasteiger partial charge on any atom is 0.335 e. The fraction of sp³-hybridized carbons (Fsp3) is 0.367. The third-order valence-corrected chi connectivity index (χ3v) is 7.98. The Morgan fingerprint density at radius 2 is 1.40 bits per heavy atom. The van der Waals surface area contributed by atoms with Gasteiger partial charge < -0.3 is 14.7 Å². The summed E-state index contributed by atoms with van der Waals surface area (Å²) in [5.41, 5.74) is 4.88. The lowest BCUT2D eigenvalue weighted by Crippen LogP contribution is -2.52. The zero-order chi connectivity index (χ0) is 24.3. The molecular weight excluding hydrogens is 436 g/mol. The largest absolute Gasteiger partial charge is 0.478 e. The molecule has 0 unspecified atom stereocenters. The minimum Gasteiger partial charge on any atom is -0.478 e. The normalized spacial score (nSPS) is 23.2. The molecular formula is C30H34N2O3. The molecule has 0 radical (unpaired) electrons. The minimum atomic E-state index is -0.895. The molecule has 2 aliphatic rings. The Bertz CT molecular complexity index is 1110. The molecule has 3 aromatic rings. The third-order valence-electron chi connectivity index (χ3n) is 7.98. The number of anilines is 1. The maximum absolute atomic E-state index is 11.1. The van der Waals surface area contributed by atoms with Crippen LogP contribution in [0.4, 0.5) is 5.69 Å². The van der Waals surface area contributed by atoms with Crippen LogP contribution in [0.2, 0.25) is 0 Å². The molecule has 5 heteroatoms. The van der Waals surface area contributed by atoms with Gasteiger partial charge >= 0.3 is 5.97 Å². The maximum atomic E-state index is 11.1. The number of ether oxygens (including phenoxy) is 1. The van der Waals surface area contributed by atoms with Crippen LogP contribution in [0.3, 0.4) is 0 Å². The number of hydrogen-bond acceptors (Lipinski definition) is 4. The van der Waals surface area contributed by atoms with E-state index in [0.29, 0.717) is 11.6 Å². The summed E-state index contributed by atoms with van der Waals surface area (Å²) in [6, 6.07) is 27.1. The Labute approximate surface area is 208 Å². The standard InChI is InChI=1S/C30H34N2O3/c1-35-30(26-5-3-2-4-6-26)17-15-28(16-18-30)32-21-19-31(20-22-32)27-13-11-24(12-14-27)23-7-9-25(10-8-23)29(33)34/h2-14,28H,15-22H2,1H3,(H,33,34)/t28-,30+. The number of carboxylic acids is 1. The van der Waals surface area contributed by atoms with E-state index < -0.39 is 5.97 Å². The number of methoxy groups -OCH3 is 1. The SMILES string of the molecule is CO[C@]1(c2ccccc2)CC[C@H](N2CCN(c3ccc(-c4ccc(C(=O)O)cc4)cc3)CC2)CC1. The summed E-state index contributed by atoms with van der Waals surface area (Å²) in [6.45, 7) is 4.26. The number of carboxylic acid groups (broad SMARTS) is 1. The van der Waals surface area contributed by atoms with Gasteiger partial charge in [-0.3, -0.25) is 4.90 Å². The van der Waals surface area contributed by atoms with E-state index in [0.717, 1.165) is 50.1 Å². The van der Waals surface area contributed by atoms with Gasteiger partial charge in [-0.2, -0.15) is 0 Å². The van der Waals surface area contributed by atoms with E-state index in [1.54, 1.807) is 12.1 Å². The van der Waals surface area contributed by atoms with Gasteiger partial charge in [0.15, 0.2) is 0 Å². The number of piperazine rings is 1. The lowest BCUT2D eigenvalue weighted by Gasteiger charge is -2.46. The number of aromatic carboxylic acids is 1. The van der Waals surface area contributed by atoms with Gasteiger partial charge in [-0.25, -0.2) is 4.79 Å². The van der Waals surface area contributed by atoms with Gasteiger partial charge in [-0.1, -0.05) is 54.6 Å². The van der Waals surface area contributed by atoms with Crippen LogP contribution in [0.25, 0.3) is 11.1 Å². The molecule has 1 saturated carbocycles. The van der Waals surface area contributed by atoms with E-state index in [2.05, 4.69) is 64.4 Å². The first-order chi connectivity index (χ1) is 17.1. The van der Waals surface area contributed by atoms with Crippen molar-refractivity contribution in [3.05, 3.63) is 90.0 Å². The fourth-order valence-corrected chi connectivity index (χ4v) is 5.80. The number of nitrogens with zero attached hydrogens (tertiary/aromatic N) is 2. The first-order valence-corrected chi connectivity index (χ1v) is 12.6. The Hall–Kier alpha value is -3.15. The second kappa shape index (κ2) is 10.2. The first kappa shape index (κ1) is 23.6. The van der Waals surface area contributed by atoms with Crippen molar-refractivity contribution in [3.8, 4) is 11.1 Å². The highest BCUT2D eigenvalue weighted by atomic mass is 16.5.